The maximum atomic E-state index is 8.69. The second kappa shape index (κ2) is 5.84. The molecular formula is C4H12ClNO4. The van der Waals surface area contributed by atoms with Crippen LogP contribution in [0.2, 0.25) is 0 Å². The molecule has 0 aliphatic rings. The molecule has 10 heavy (non-hydrogen) atoms. The second-order valence-corrected chi connectivity index (χ2v) is 1.77. The van der Waals surface area contributed by atoms with E-state index in [0.717, 1.165) is 0 Å². The van der Waals surface area contributed by atoms with Gasteiger partial charge in [-0.1, -0.05) is 0 Å². The van der Waals surface area contributed by atoms with Crippen molar-refractivity contribution >= 4 is 0 Å². The average molecular weight is 174 g/mol. The lowest BCUT2D eigenvalue weighted by Crippen LogP contribution is -3.00. The van der Waals surface area contributed by atoms with Crippen molar-refractivity contribution in [3.63, 3.8) is 0 Å². The Morgan fingerprint density at radius 2 is 1.20 bits per heavy atom. The molecule has 0 aromatic rings. The Morgan fingerprint density at radius 1 is 0.900 bits per heavy atom. The van der Waals surface area contributed by atoms with Crippen LogP contribution in [-0.2, 0) is 0 Å². The van der Waals surface area contributed by atoms with E-state index in [1.165, 1.54) is 0 Å². The first kappa shape index (κ1) is 12.7. The second-order valence-electron chi connectivity index (χ2n) is 1.77. The number of aliphatic hydroxyl groups excluding tert-OH is 2. The lowest BCUT2D eigenvalue weighted by Gasteiger charge is -2.18. The van der Waals surface area contributed by atoms with E-state index in [-0.39, 0.29) is 38.7 Å². The van der Waals surface area contributed by atoms with Crippen LogP contribution in [0.4, 0.5) is 0 Å². The van der Waals surface area contributed by atoms with Gasteiger partial charge in [0.2, 0.25) is 0 Å². The third-order valence-electron chi connectivity index (χ3n) is 0.916. The van der Waals surface area contributed by atoms with E-state index in [1.54, 1.807) is 0 Å². The Labute approximate surface area is 65.0 Å². The molecule has 64 valence electrons. The molecular weight excluding hydrogens is 162 g/mol. The monoisotopic (exact) mass is 173 g/mol. The van der Waals surface area contributed by atoms with Crippen molar-refractivity contribution in [2.75, 3.05) is 26.3 Å². The standard InChI is InChI=1S/C4H12NO4.ClH/c6-3-1-5(8,9)2-4-7;/h6-9H,1-4H2;1H/q+1;/p-1. The van der Waals surface area contributed by atoms with Crippen LogP contribution in [0.5, 0.6) is 0 Å². The summed E-state index contributed by atoms with van der Waals surface area (Å²) in [7, 11) is 0. The number of rotatable bonds is 4. The molecule has 0 aromatic carbocycles. The van der Waals surface area contributed by atoms with Gasteiger partial charge in [-0.25, -0.2) is 0 Å². The quantitative estimate of drug-likeness (QED) is 0.256. The molecule has 0 spiro atoms. The lowest BCUT2D eigenvalue weighted by molar-refractivity contribution is -1.24. The lowest BCUT2D eigenvalue weighted by atomic mass is 10.6. The van der Waals surface area contributed by atoms with Gasteiger partial charge in [0.1, 0.15) is 0 Å². The Bertz CT molecular complexity index is 71.7. The van der Waals surface area contributed by atoms with Crippen molar-refractivity contribution in [3.8, 4) is 0 Å². The van der Waals surface area contributed by atoms with Gasteiger partial charge in [-0.05, 0) is 4.81 Å². The van der Waals surface area contributed by atoms with Gasteiger partial charge in [0, 0.05) is 0 Å². The van der Waals surface area contributed by atoms with E-state index in [1.807, 2.05) is 0 Å². The summed E-state index contributed by atoms with van der Waals surface area (Å²) < 4.78 is 0. The third-order valence-corrected chi connectivity index (χ3v) is 0.916. The van der Waals surface area contributed by atoms with Crippen LogP contribution in [-0.4, -0.2) is 51.7 Å². The van der Waals surface area contributed by atoms with Crippen LogP contribution in [0.3, 0.4) is 0 Å². The number of hydrogen-bond acceptors (Lipinski definition) is 4. The summed E-state index contributed by atoms with van der Waals surface area (Å²) in [6.45, 7) is -0.985. The summed E-state index contributed by atoms with van der Waals surface area (Å²) in [4.78, 5) is -1.31. The summed E-state index contributed by atoms with van der Waals surface area (Å²) in [6, 6.07) is 0. The summed E-state index contributed by atoms with van der Waals surface area (Å²) in [5.41, 5.74) is 0. The molecule has 0 amide bonds. The molecule has 0 saturated heterocycles. The van der Waals surface area contributed by atoms with Crippen molar-refractivity contribution in [2.45, 2.75) is 0 Å². The Hall–Kier alpha value is 0.0900. The highest BCUT2D eigenvalue weighted by atomic mass is 35.5. The molecule has 0 saturated carbocycles. The largest absolute Gasteiger partial charge is 1.00 e. The smallest absolute Gasteiger partial charge is 0.165 e. The zero-order chi connectivity index (χ0) is 7.33. The molecule has 0 aromatic heterocycles. The SMILES string of the molecule is OCC[N+](O)(O)CCO.[Cl-]. The predicted molar refractivity (Wildman–Crippen MR) is 27.7 cm³/mol. The molecule has 0 heterocycles. The van der Waals surface area contributed by atoms with Crippen molar-refractivity contribution < 1.29 is 37.8 Å². The van der Waals surface area contributed by atoms with E-state index < -0.39 is 4.81 Å². The van der Waals surface area contributed by atoms with Crippen LogP contribution in [0.1, 0.15) is 0 Å². The Kier molecular flexibility index (Phi) is 7.44. The van der Waals surface area contributed by atoms with Crippen LogP contribution in [0.25, 0.3) is 0 Å². The van der Waals surface area contributed by atoms with Gasteiger partial charge >= 0.3 is 0 Å². The molecule has 5 nitrogen and oxygen atoms in total. The summed E-state index contributed by atoms with van der Waals surface area (Å²) in [5.74, 6) is 0. The van der Waals surface area contributed by atoms with E-state index in [4.69, 9.17) is 20.6 Å². The number of quaternary nitrogens is 1. The minimum Gasteiger partial charge on any atom is -1.00 e. The Morgan fingerprint density at radius 3 is 1.40 bits per heavy atom. The van der Waals surface area contributed by atoms with Gasteiger partial charge in [0.25, 0.3) is 0 Å². The summed E-state index contributed by atoms with van der Waals surface area (Å²) >= 11 is 0. The molecule has 0 radical (unpaired) electrons. The van der Waals surface area contributed by atoms with Crippen molar-refractivity contribution in [1.29, 1.82) is 0 Å². The highest BCUT2D eigenvalue weighted by Crippen LogP contribution is 1.91. The molecule has 0 unspecified atom stereocenters. The molecule has 0 rings (SSSR count). The summed E-state index contributed by atoms with van der Waals surface area (Å²) in [6.07, 6.45) is 0. The van der Waals surface area contributed by atoms with Crippen LogP contribution >= 0.6 is 0 Å². The topological polar surface area (TPSA) is 80.9 Å². The minimum atomic E-state index is -1.31. The molecule has 0 fully saturated rings. The van der Waals surface area contributed by atoms with Crippen LogP contribution < -0.4 is 12.4 Å². The fraction of sp³-hybridized carbons (Fsp3) is 1.00. The van der Waals surface area contributed by atoms with Crippen LogP contribution in [0.15, 0.2) is 0 Å². The van der Waals surface area contributed by atoms with E-state index in [2.05, 4.69) is 0 Å². The molecule has 0 aliphatic heterocycles. The number of nitrogens with zero attached hydrogens (tertiary/aromatic N) is 1. The molecule has 0 aliphatic carbocycles. The maximum Gasteiger partial charge on any atom is 0.165 e. The zero-order valence-corrected chi connectivity index (χ0v) is 6.20. The third kappa shape index (κ3) is 6.21. The minimum absolute atomic E-state index is 0. The maximum absolute atomic E-state index is 8.69. The van der Waals surface area contributed by atoms with Gasteiger partial charge in [-0.15, -0.1) is 0 Å². The fourth-order valence-electron chi connectivity index (χ4n) is 0.432. The first-order valence-electron chi connectivity index (χ1n) is 2.66. The first-order valence-corrected chi connectivity index (χ1v) is 2.66. The van der Waals surface area contributed by atoms with Crippen molar-refractivity contribution in [2.24, 2.45) is 0 Å². The number of halogens is 1. The van der Waals surface area contributed by atoms with Gasteiger partial charge in [0.05, 0.1) is 13.2 Å². The van der Waals surface area contributed by atoms with Gasteiger partial charge in [0.15, 0.2) is 13.1 Å². The van der Waals surface area contributed by atoms with Crippen molar-refractivity contribution in [1.82, 2.24) is 0 Å². The normalized spacial score (nSPS) is 10.8. The van der Waals surface area contributed by atoms with Crippen LogP contribution in [0, 0.1) is 0 Å². The van der Waals surface area contributed by atoms with Crippen molar-refractivity contribution in [3.05, 3.63) is 0 Å². The predicted octanol–water partition coefficient (Wildman–Crippen LogP) is -4.43. The number of hydrogen-bond donors (Lipinski definition) is 4. The summed E-state index contributed by atoms with van der Waals surface area (Å²) in [5, 5.41) is 33.8. The molecule has 6 heteroatoms. The van der Waals surface area contributed by atoms with Gasteiger partial charge in [-0.3, -0.25) is 0 Å². The van der Waals surface area contributed by atoms with Gasteiger partial charge in [-0.2, -0.15) is 10.4 Å². The average Bonchev–Trinajstić information content (AvgIpc) is 1.64. The molecule has 4 N–H and O–H groups in total. The van der Waals surface area contributed by atoms with Gasteiger partial charge < -0.3 is 22.6 Å². The highest BCUT2D eigenvalue weighted by Gasteiger charge is 2.19. The molecule has 0 bridgehead atoms. The fourth-order valence-corrected chi connectivity index (χ4v) is 0.432. The van der Waals surface area contributed by atoms with E-state index in [9.17, 15) is 0 Å². The number of aliphatic hydroxyl groups is 2. The number of hydroxylamine groups is 4. The highest BCUT2D eigenvalue weighted by molar-refractivity contribution is 4.21. The van der Waals surface area contributed by atoms with E-state index >= 15 is 0 Å². The first-order chi connectivity index (χ1) is 4.12. The molecule has 0 atom stereocenters. The van der Waals surface area contributed by atoms with E-state index in [0.29, 0.717) is 0 Å². The zero-order valence-electron chi connectivity index (χ0n) is 5.44. The Balaban J connectivity index is 0.